The van der Waals surface area contributed by atoms with Gasteiger partial charge in [0, 0.05) is 18.8 Å². The molecule has 1 aliphatic rings. The van der Waals surface area contributed by atoms with Gasteiger partial charge >= 0.3 is 0 Å². The molecule has 0 N–H and O–H groups in total. The van der Waals surface area contributed by atoms with Crippen LogP contribution in [-0.4, -0.2) is 16.8 Å². The second-order valence-electron chi connectivity index (χ2n) is 4.92. The van der Waals surface area contributed by atoms with Crippen molar-refractivity contribution in [2.24, 2.45) is 0 Å². The van der Waals surface area contributed by atoms with Crippen LogP contribution >= 0.6 is 11.3 Å². The largest absolute Gasteiger partial charge is 0.349 e. The summed E-state index contributed by atoms with van der Waals surface area (Å²) in [6, 6.07) is 6.37. The van der Waals surface area contributed by atoms with E-state index >= 15 is 0 Å². The molecule has 0 amide bonds. The van der Waals surface area contributed by atoms with E-state index in [0.717, 1.165) is 17.9 Å². The standard InChI is InChI=1S/C15H16N2OS/c1-11(18)14-3-2-7-16-15(14)17(13-4-5-13)9-12-6-8-19-10-12/h2-3,6-8,10,13H,4-5,9H2,1H3. The molecule has 0 atom stereocenters. The summed E-state index contributed by atoms with van der Waals surface area (Å²) in [6.07, 6.45) is 4.15. The topological polar surface area (TPSA) is 33.2 Å². The van der Waals surface area contributed by atoms with Gasteiger partial charge in [0.2, 0.25) is 0 Å². The lowest BCUT2D eigenvalue weighted by atomic mass is 10.1. The first-order valence-corrected chi connectivity index (χ1v) is 7.43. The second kappa shape index (κ2) is 5.13. The Morgan fingerprint density at radius 1 is 1.47 bits per heavy atom. The summed E-state index contributed by atoms with van der Waals surface area (Å²) in [5.41, 5.74) is 2.02. The predicted molar refractivity (Wildman–Crippen MR) is 77.8 cm³/mol. The number of aromatic nitrogens is 1. The van der Waals surface area contributed by atoms with E-state index in [4.69, 9.17) is 0 Å². The number of hydrogen-bond acceptors (Lipinski definition) is 4. The molecule has 98 valence electrons. The maximum atomic E-state index is 11.8. The van der Waals surface area contributed by atoms with Crippen molar-refractivity contribution in [3.63, 3.8) is 0 Å². The molecule has 0 spiro atoms. The molecular weight excluding hydrogens is 256 g/mol. The lowest BCUT2D eigenvalue weighted by molar-refractivity contribution is 0.101. The van der Waals surface area contributed by atoms with Crippen LogP contribution in [0.15, 0.2) is 35.2 Å². The van der Waals surface area contributed by atoms with Gasteiger partial charge in [-0.3, -0.25) is 4.79 Å². The lowest BCUT2D eigenvalue weighted by Gasteiger charge is -2.24. The van der Waals surface area contributed by atoms with Gasteiger partial charge in [-0.25, -0.2) is 4.98 Å². The second-order valence-corrected chi connectivity index (χ2v) is 5.70. The van der Waals surface area contributed by atoms with Crippen molar-refractivity contribution < 1.29 is 4.79 Å². The molecule has 1 aliphatic carbocycles. The van der Waals surface area contributed by atoms with Crippen LogP contribution < -0.4 is 4.90 Å². The highest BCUT2D eigenvalue weighted by atomic mass is 32.1. The Hall–Kier alpha value is -1.68. The van der Waals surface area contributed by atoms with Crippen molar-refractivity contribution in [3.05, 3.63) is 46.3 Å². The minimum Gasteiger partial charge on any atom is -0.349 e. The molecule has 2 aromatic heterocycles. The highest BCUT2D eigenvalue weighted by Gasteiger charge is 2.31. The van der Waals surface area contributed by atoms with Crippen LogP contribution in [-0.2, 0) is 6.54 Å². The third-order valence-corrected chi connectivity index (χ3v) is 4.09. The molecule has 2 heterocycles. The number of carbonyl (C=O) groups excluding carboxylic acids is 1. The van der Waals surface area contributed by atoms with Crippen molar-refractivity contribution >= 4 is 22.9 Å². The van der Waals surface area contributed by atoms with Gasteiger partial charge < -0.3 is 4.90 Å². The van der Waals surface area contributed by atoms with Crippen LogP contribution in [0, 0.1) is 0 Å². The van der Waals surface area contributed by atoms with Crippen LogP contribution in [0.3, 0.4) is 0 Å². The Morgan fingerprint density at radius 2 is 2.32 bits per heavy atom. The van der Waals surface area contributed by atoms with Crippen LogP contribution in [0.25, 0.3) is 0 Å². The minimum absolute atomic E-state index is 0.0825. The van der Waals surface area contributed by atoms with Crippen molar-refractivity contribution in [2.45, 2.75) is 32.4 Å². The molecule has 0 aromatic carbocycles. The highest BCUT2D eigenvalue weighted by Crippen LogP contribution is 2.34. The summed E-state index contributed by atoms with van der Waals surface area (Å²) in [4.78, 5) is 18.5. The van der Waals surface area contributed by atoms with E-state index in [1.807, 2.05) is 12.1 Å². The lowest BCUT2D eigenvalue weighted by Crippen LogP contribution is -2.27. The average Bonchev–Trinajstić information content (AvgIpc) is 3.13. The van der Waals surface area contributed by atoms with E-state index in [2.05, 4.69) is 26.7 Å². The third kappa shape index (κ3) is 2.68. The molecule has 2 aromatic rings. The van der Waals surface area contributed by atoms with E-state index in [9.17, 15) is 4.79 Å². The van der Waals surface area contributed by atoms with Crippen molar-refractivity contribution in [2.75, 3.05) is 4.90 Å². The van der Waals surface area contributed by atoms with Gasteiger partial charge in [0.1, 0.15) is 5.82 Å². The highest BCUT2D eigenvalue weighted by molar-refractivity contribution is 7.07. The Labute approximate surface area is 116 Å². The summed E-state index contributed by atoms with van der Waals surface area (Å²) >= 11 is 1.71. The Kier molecular flexibility index (Phi) is 3.34. The fraction of sp³-hybridized carbons (Fsp3) is 0.333. The molecule has 1 saturated carbocycles. The molecule has 0 aliphatic heterocycles. The molecule has 19 heavy (non-hydrogen) atoms. The smallest absolute Gasteiger partial charge is 0.163 e. The summed E-state index contributed by atoms with van der Waals surface area (Å²) in [5, 5.41) is 4.25. The van der Waals surface area contributed by atoms with Crippen molar-refractivity contribution in [1.29, 1.82) is 0 Å². The number of ketones is 1. The van der Waals surface area contributed by atoms with E-state index in [0.29, 0.717) is 6.04 Å². The van der Waals surface area contributed by atoms with Crippen molar-refractivity contribution in [1.82, 2.24) is 4.98 Å². The molecule has 0 radical (unpaired) electrons. The average molecular weight is 272 g/mol. The Balaban J connectivity index is 1.94. The third-order valence-electron chi connectivity index (χ3n) is 3.36. The molecule has 0 saturated heterocycles. The molecule has 3 rings (SSSR count). The minimum atomic E-state index is 0.0825. The van der Waals surface area contributed by atoms with Gasteiger partial charge in [-0.1, -0.05) is 0 Å². The van der Waals surface area contributed by atoms with Crippen LogP contribution in [0.5, 0.6) is 0 Å². The summed E-state index contributed by atoms with van der Waals surface area (Å²) in [6.45, 7) is 2.45. The van der Waals surface area contributed by atoms with E-state index in [-0.39, 0.29) is 5.78 Å². The van der Waals surface area contributed by atoms with E-state index < -0.39 is 0 Å². The van der Waals surface area contributed by atoms with Crippen LogP contribution in [0.4, 0.5) is 5.82 Å². The summed E-state index contributed by atoms with van der Waals surface area (Å²) in [5.74, 6) is 0.919. The molecule has 1 fully saturated rings. The fourth-order valence-electron chi connectivity index (χ4n) is 2.24. The number of nitrogens with zero attached hydrogens (tertiary/aromatic N) is 2. The van der Waals surface area contributed by atoms with Crippen molar-refractivity contribution in [3.8, 4) is 0 Å². The molecule has 0 unspecified atom stereocenters. The zero-order valence-electron chi connectivity index (χ0n) is 10.9. The SMILES string of the molecule is CC(=O)c1cccnc1N(Cc1ccsc1)C1CC1. The van der Waals surface area contributed by atoms with Gasteiger partial charge in [-0.15, -0.1) is 0 Å². The van der Waals surface area contributed by atoms with Gasteiger partial charge in [0.15, 0.2) is 5.78 Å². The van der Waals surface area contributed by atoms with Gasteiger partial charge in [-0.05, 0) is 54.3 Å². The quantitative estimate of drug-likeness (QED) is 0.781. The number of anilines is 1. The fourth-order valence-corrected chi connectivity index (χ4v) is 2.90. The van der Waals surface area contributed by atoms with Gasteiger partial charge in [-0.2, -0.15) is 11.3 Å². The Morgan fingerprint density at radius 3 is 2.95 bits per heavy atom. The number of thiophene rings is 1. The first-order valence-electron chi connectivity index (χ1n) is 6.49. The Bertz CT molecular complexity index is 576. The van der Waals surface area contributed by atoms with Gasteiger partial charge in [0.25, 0.3) is 0 Å². The molecule has 0 bridgehead atoms. The number of Topliss-reactive ketones (excluding diaryl/α,β-unsaturated/α-hetero) is 1. The monoisotopic (exact) mass is 272 g/mol. The predicted octanol–water partition coefficient (Wildman–Crippen LogP) is 3.51. The number of pyridine rings is 1. The number of rotatable bonds is 5. The van der Waals surface area contributed by atoms with E-state index in [1.54, 1.807) is 24.5 Å². The number of hydrogen-bond donors (Lipinski definition) is 0. The summed E-state index contributed by atoms with van der Waals surface area (Å²) in [7, 11) is 0. The zero-order valence-corrected chi connectivity index (χ0v) is 11.7. The zero-order chi connectivity index (χ0) is 13.2. The maximum Gasteiger partial charge on any atom is 0.163 e. The van der Waals surface area contributed by atoms with E-state index in [1.165, 1.54) is 18.4 Å². The molecular formula is C15H16N2OS. The maximum absolute atomic E-state index is 11.8. The molecule has 3 nitrogen and oxygen atoms in total. The van der Waals surface area contributed by atoms with Gasteiger partial charge in [0.05, 0.1) is 5.56 Å². The molecule has 4 heteroatoms. The first kappa shape index (κ1) is 12.4. The van der Waals surface area contributed by atoms with Crippen LogP contribution in [0.2, 0.25) is 0 Å². The number of carbonyl (C=O) groups is 1. The normalized spacial score (nSPS) is 14.4. The first-order chi connectivity index (χ1) is 9.25. The summed E-state index contributed by atoms with van der Waals surface area (Å²) < 4.78 is 0. The van der Waals surface area contributed by atoms with Crippen LogP contribution in [0.1, 0.15) is 35.7 Å².